The Kier molecular flexibility index (Phi) is 4.32. The van der Waals surface area contributed by atoms with Crippen molar-refractivity contribution in [1.82, 2.24) is 4.90 Å². The van der Waals surface area contributed by atoms with E-state index in [4.69, 9.17) is 4.74 Å². The number of carbonyl (C=O) groups excluding carboxylic acids is 1. The molecule has 1 amide bonds. The molecule has 110 valence electrons. The fourth-order valence-corrected chi connectivity index (χ4v) is 4.04. The number of fused-ring (bicyclic) bond motifs is 1. The van der Waals surface area contributed by atoms with Crippen LogP contribution in [0.2, 0.25) is 0 Å². The maximum absolute atomic E-state index is 12.9. The Morgan fingerprint density at radius 3 is 2.68 bits per heavy atom. The third-order valence-electron chi connectivity index (χ3n) is 4.74. The van der Waals surface area contributed by atoms with Crippen LogP contribution < -0.4 is 0 Å². The normalized spacial score (nSPS) is 38.3. The molecular formula is C15H26BrNO2. The highest BCUT2D eigenvalue weighted by atomic mass is 79.9. The molecule has 4 heteroatoms. The molecule has 0 saturated carbocycles. The zero-order valence-electron chi connectivity index (χ0n) is 12.5. The van der Waals surface area contributed by atoms with Gasteiger partial charge in [-0.3, -0.25) is 4.79 Å². The predicted molar refractivity (Wildman–Crippen MR) is 80.2 cm³/mol. The van der Waals surface area contributed by atoms with Gasteiger partial charge in [0.1, 0.15) is 5.72 Å². The van der Waals surface area contributed by atoms with E-state index >= 15 is 0 Å². The van der Waals surface area contributed by atoms with E-state index in [-0.39, 0.29) is 17.2 Å². The number of hydrogen-bond acceptors (Lipinski definition) is 2. The molecule has 2 fully saturated rings. The van der Waals surface area contributed by atoms with Gasteiger partial charge in [-0.05, 0) is 25.7 Å². The minimum atomic E-state index is -0.366. The zero-order valence-corrected chi connectivity index (χ0v) is 14.1. The lowest BCUT2D eigenvalue weighted by atomic mass is 9.81. The Morgan fingerprint density at radius 1 is 1.42 bits per heavy atom. The first-order chi connectivity index (χ1) is 8.84. The molecule has 0 aromatic heterocycles. The first-order valence-electron chi connectivity index (χ1n) is 7.38. The van der Waals surface area contributed by atoms with Crippen LogP contribution >= 0.6 is 15.9 Å². The second-order valence-electron chi connectivity index (χ2n) is 6.86. The van der Waals surface area contributed by atoms with Gasteiger partial charge in [0.2, 0.25) is 5.91 Å². The highest BCUT2D eigenvalue weighted by Gasteiger charge is 2.60. The van der Waals surface area contributed by atoms with Crippen molar-refractivity contribution in [2.75, 3.05) is 11.9 Å². The Morgan fingerprint density at radius 2 is 2.11 bits per heavy atom. The molecule has 2 heterocycles. The maximum Gasteiger partial charge on any atom is 0.231 e. The van der Waals surface area contributed by atoms with E-state index in [0.29, 0.717) is 18.4 Å². The van der Waals surface area contributed by atoms with Gasteiger partial charge in [-0.15, -0.1) is 0 Å². The van der Waals surface area contributed by atoms with Crippen molar-refractivity contribution in [3.63, 3.8) is 0 Å². The summed E-state index contributed by atoms with van der Waals surface area (Å²) < 4.78 is 6.01. The molecule has 2 aliphatic heterocycles. The molecule has 3 atom stereocenters. The van der Waals surface area contributed by atoms with E-state index in [2.05, 4.69) is 43.6 Å². The molecule has 0 spiro atoms. The maximum atomic E-state index is 12.9. The first kappa shape index (κ1) is 15.3. The molecule has 0 bridgehead atoms. The van der Waals surface area contributed by atoms with Crippen molar-refractivity contribution in [1.29, 1.82) is 0 Å². The Bertz CT molecular complexity index is 360. The Hall–Kier alpha value is -0.0900. The van der Waals surface area contributed by atoms with E-state index in [0.717, 1.165) is 31.0 Å². The summed E-state index contributed by atoms with van der Waals surface area (Å²) in [7, 11) is 0. The summed E-state index contributed by atoms with van der Waals surface area (Å²) in [5.74, 6) is 0.761. The van der Waals surface area contributed by atoms with Crippen LogP contribution in [0, 0.1) is 11.3 Å². The number of hydrogen-bond donors (Lipinski definition) is 0. The number of amides is 1. The van der Waals surface area contributed by atoms with Gasteiger partial charge in [-0.2, -0.15) is 0 Å². The predicted octanol–water partition coefficient (Wildman–Crippen LogP) is 3.56. The number of alkyl halides is 1. The number of unbranched alkanes of at least 4 members (excludes halogenated alkanes) is 1. The molecule has 0 aliphatic carbocycles. The molecule has 0 aromatic rings. The van der Waals surface area contributed by atoms with Gasteiger partial charge in [-0.1, -0.05) is 43.1 Å². The summed E-state index contributed by atoms with van der Waals surface area (Å²) in [6.45, 7) is 9.25. The number of halogens is 1. The van der Waals surface area contributed by atoms with Crippen molar-refractivity contribution in [3.8, 4) is 0 Å². The number of rotatable bonds is 5. The van der Waals surface area contributed by atoms with Gasteiger partial charge in [0, 0.05) is 11.8 Å². The van der Waals surface area contributed by atoms with Gasteiger partial charge >= 0.3 is 0 Å². The molecule has 19 heavy (non-hydrogen) atoms. The lowest BCUT2D eigenvalue weighted by Crippen LogP contribution is -2.46. The molecule has 0 aromatic carbocycles. The van der Waals surface area contributed by atoms with Crippen LogP contribution in [0.3, 0.4) is 0 Å². The van der Waals surface area contributed by atoms with E-state index in [1.807, 2.05) is 4.90 Å². The molecule has 0 N–H and O–H groups in total. The van der Waals surface area contributed by atoms with Gasteiger partial charge in [0.05, 0.1) is 18.1 Å². The average molecular weight is 332 g/mol. The zero-order chi connectivity index (χ0) is 14.3. The van der Waals surface area contributed by atoms with Crippen molar-refractivity contribution >= 4 is 21.8 Å². The summed E-state index contributed by atoms with van der Waals surface area (Å²) in [5, 5.41) is 1.02. The summed E-state index contributed by atoms with van der Waals surface area (Å²) in [4.78, 5) is 14.9. The highest BCUT2D eigenvalue weighted by molar-refractivity contribution is 9.09. The fourth-order valence-electron chi connectivity index (χ4n) is 3.65. The minimum Gasteiger partial charge on any atom is -0.354 e. The second-order valence-corrected chi connectivity index (χ2v) is 7.65. The van der Waals surface area contributed by atoms with Crippen LogP contribution in [-0.2, 0) is 9.53 Å². The molecule has 0 radical (unpaired) electrons. The molecule has 0 unspecified atom stereocenters. The second kappa shape index (κ2) is 5.36. The molecule has 3 nitrogen and oxygen atoms in total. The lowest BCUT2D eigenvalue weighted by molar-refractivity contribution is -0.142. The molecular weight excluding hydrogens is 306 g/mol. The Labute approximate surface area is 125 Å². The van der Waals surface area contributed by atoms with Crippen LogP contribution in [0.4, 0.5) is 0 Å². The van der Waals surface area contributed by atoms with E-state index in [1.54, 1.807) is 0 Å². The van der Waals surface area contributed by atoms with Gasteiger partial charge in [0.25, 0.3) is 0 Å². The number of nitrogens with zero attached hydrogens (tertiary/aromatic N) is 1. The Balaban J connectivity index is 2.14. The quantitative estimate of drug-likeness (QED) is 0.569. The smallest absolute Gasteiger partial charge is 0.231 e. The van der Waals surface area contributed by atoms with Gasteiger partial charge < -0.3 is 9.64 Å². The van der Waals surface area contributed by atoms with E-state index < -0.39 is 0 Å². The molecule has 2 saturated heterocycles. The van der Waals surface area contributed by atoms with Crippen LogP contribution in [0.25, 0.3) is 0 Å². The van der Waals surface area contributed by atoms with Gasteiger partial charge in [0.15, 0.2) is 0 Å². The third-order valence-corrected chi connectivity index (χ3v) is 5.30. The topological polar surface area (TPSA) is 29.5 Å². The summed E-state index contributed by atoms with van der Waals surface area (Å²) in [6.07, 6.45) is 4.04. The van der Waals surface area contributed by atoms with E-state index in [9.17, 15) is 4.79 Å². The summed E-state index contributed by atoms with van der Waals surface area (Å²) in [5.41, 5.74) is -0.598. The van der Waals surface area contributed by atoms with Crippen LogP contribution in [0.15, 0.2) is 0 Å². The number of ether oxygens (including phenoxy) is 1. The lowest BCUT2D eigenvalue weighted by Gasteiger charge is -2.31. The van der Waals surface area contributed by atoms with Crippen LogP contribution in [-0.4, -0.2) is 34.5 Å². The molecule has 2 aliphatic rings. The van der Waals surface area contributed by atoms with Crippen molar-refractivity contribution < 1.29 is 9.53 Å². The standard InChI is InChI=1S/C15H26BrNO2/c1-11(2)12-9-19-15(4)10-14(3,7-5-6-8-16)13(18)17(12)15/h11-12H,5-10H2,1-4H3/t12-,14-,15-/m1/s1. The van der Waals surface area contributed by atoms with Crippen LogP contribution in [0.1, 0.15) is 53.4 Å². The highest BCUT2D eigenvalue weighted by Crippen LogP contribution is 2.50. The van der Waals surface area contributed by atoms with Crippen molar-refractivity contribution in [2.24, 2.45) is 11.3 Å². The SMILES string of the molecule is CC(C)[C@H]1CO[C@]2(C)C[C@@](C)(CCCCBr)C(=O)N12. The van der Waals surface area contributed by atoms with E-state index in [1.165, 1.54) is 0 Å². The monoisotopic (exact) mass is 331 g/mol. The number of carbonyl (C=O) groups is 1. The van der Waals surface area contributed by atoms with Gasteiger partial charge in [-0.25, -0.2) is 0 Å². The average Bonchev–Trinajstić information content (AvgIpc) is 2.73. The minimum absolute atomic E-state index is 0.232. The molecule has 2 rings (SSSR count). The first-order valence-corrected chi connectivity index (χ1v) is 8.50. The largest absolute Gasteiger partial charge is 0.354 e. The van der Waals surface area contributed by atoms with Crippen LogP contribution in [0.5, 0.6) is 0 Å². The summed E-state index contributed by atoms with van der Waals surface area (Å²) in [6, 6.07) is 0.246. The fraction of sp³-hybridized carbons (Fsp3) is 0.933. The third kappa shape index (κ3) is 2.58. The summed E-state index contributed by atoms with van der Waals surface area (Å²) >= 11 is 3.46. The van der Waals surface area contributed by atoms with Crippen molar-refractivity contribution in [2.45, 2.75) is 65.1 Å². The van der Waals surface area contributed by atoms with Crippen molar-refractivity contribution in [3.05, 3.63) is 0 Å².